The van der Waals surface area contributed by atoms with Crippen molar-refractivity contribution in [1.82, 2.24) is 0 Å². The quantitative estimate of drug-likeness (QED) is 0.0222. The molecule has 17 nitrogen and oxygen atoms in total. The van der Waals surface area contributed by atoms with Gasteiger partial charge in [0, 0.05) is 25.7 Å². The van der Waals surface area contributed by atoms with Crippen LogP contribution in [0.5, 0.6) is 0 Å². The van der Waals surface area contributed by atoms with Gasteiger partial charge in [-0.05, 0) is 43.4 Å². The Morgan fingerprint density at radius 2 is 0.484 bits per heavy atom. The fourth-order valence-corrected chi connectivity index (χ4v) is 13.2. The molecule has 5 atom stereocenters. The summed E-state index contributed by atoms with van der Waals surface area (Å²) >= 11 is 0. The maximum absolute atomic E-state index is 13.1. The van der Waals surface area contributed by atoms with Crippen molar-refractivity contribution in [2.45, 2.75) is 407 Å². The summed E-state index contributed by atoms with van der Waals surface area (Å²) in [5.41, 5.74) is 0. The lowest BCUT2D eigenvalue weighted by molar-refractivity contribution is -0.161. The minimum atomic E-state index is -4.96. The highest BCUT2D eigenvalue weighted by Crippen LogP contribution is 2.45. The SMILES string of the molecule is CCCCCCCCCCCCC(=O)OC[C@H](COP(=O)(O)OC[C@H](O)COP(=O)(O)OC[C@@H](COC(=O)CCCCCCCCCCCCCCC(C)C)OC(=O)CCCCCCCCCCCCCCCCCCC(C)C)OC(=O)CCCCCCCCCCC(C)C. The van der Waals surface area contributed by atoms with Crippen LogP contribution < -0.4 is 0 Å². The normalized spacial score (nSPS) is 14.1. The van der Waals surface area contributed by atoms with Gasteiger partial charge in [-0.2, -0.15) is 0 Å². The molecule has 0 bridgehead atoms. The lowest BCUT2D eigenvalue weighted by Gasteiger charge is -2.21. The molecular weight excluding hydrogens is 1250 g/mol. The molecule has 0 saturated heterocycles. The van der Waals surface area contributed by atoms with Crippen LogP contribution in [0.2, 0.25) is 0 Å². The smallest absolute Gasteiger partial charge is 0.462 e. The summed E-state index contributed by atoms with van der Waals surface area (Å²) < 4.78 is 68.5. The van der Waals surface area contributed by atoms with Crippen molar-refractivity contribution in [3.63, 3.8) is 0 Å². The van der Waals surface area contributed by atoms with E-state index in [9.17, 15) is 43.2 Å². The number of aliphatic hydroxyl groups is 1. The van der Waals surface area contributed by atoms with Crippen LogP contribution in [0, 0.1) is 17.8 Å². The Morgan fingerprint density at radius 1 is 0.284 bits per heavy atom. The van der Waals surface area contributed by atoms with Crippen LogP contribution in [0.1, 0.15) is 389 Å². The first kappa shape index (κ1) is 93.1. The molecule has 0 heterocycles. The number of hydrogen-bond acceptors (Lipinski definition) is 15. The van der Waals surface area contributed by atoms with Crippen LogP contribution in [0.25, 0.3) is 0 Å². The number of phosphoric ester groups is 2. The van der Waals surface area contributed by atoms with Gasteiger partial charge in [-0.1, -0.05) is 337 Å². The van der Waals surface area contributed by atoms with E-state index in [1.807, 2.05) is 0 Å². The van der Waals surface area contributed by atoms with E-state index in [1.54, 1.807) is 0 Å². The van der Waals surface area contributed by atoms with Gasteiger partial charge in [0.15, 0.2) is 12.2 Å². The van der Waals surface area contributed by atoms with Gasteiger partial charge in [-0.3, -0.25) is 37.3 Å². The number of unbranched alkanes of at least 4 members (excludes halogenated alkanes) is 42. The molecule has 0 aromatic heterocycles. The fourth-order valence-electron chi connectivity index (χ4n) is 11.6. The summed E-state index contributed by atoms with van der Waals surface area (Å²) in [6, 6.07) is 0. The Kier molecular flexibility index (Phi) is 65.2. The first-order chi connectivity index (χ1) is 45.7. The lowest BCUT2D eigenvalue weighted by Crippen LogP contribution is -2.30. The van der Waals surface area contributed by atoms with Crippen LogP contribution in [0.3, 0.4) is 0 Å². The molecule has 0 saturated carbocycles. The van der Waals surface area contributed by atoms with Gasteiger partial charge in [0.1, 0.15) is 19.3 Å². The molecule has 0 radical (unpaired) electrons. The van der Waals surface area contributed by atoms with Crippen LogP contribution in [-0.4, -0.2) is 96.7 Å². The predicted molar refractivity (Wildman–Crippen MR) is 386 cm³/mol. The van der Waals surface area contributed by atoms with E-state index in [1.165, 1.54) is 199 Å². The number of esters is 4. The van der Waals surface area contributed by atoms with Crippen molar-refractivity contribution in [3.8, 4) is 0 Å². The summed E-state index contributed by atoms with van der Waals surface area (Å²) in [6.07, 6.45) is 52.7. The first-order valence-corrected chi connectivity index (χ1v) is 42.3. The van der Waals surface area contributed by atoms with E-state index in [4.69, 9.17) is 37.0 Å². The monoisotopic (exact) mass is 1400 g/mol. The molecule has 564 valence electrons. The van der Waals surface area contributed by atoms with Gasteiger partial charge < -0.3 is 33.8 Å². The molecule has 0 rings (SSSR count). The van der Waals surface area contributed by atoms with Crippen LogP contribution in [0.4, 0.5) is 0 Å². The lowest BCUT2D eigenvalue weighted by atomic mass is 10.0. The third-order valence-electron chi connectivity index (χ3n) is 17.6. The van der Waals surface area contributed by atoms with Crippen molar-refractivity contribution >= 4 is 39.5 Å². The summed E-state index contributed by atoms with van der Waals surface area (Å²) in [7, 11) is -9.91. The molecule has 0 aromatic carbocycles. The highest BCUT2D eigenvalue weighted by atomic mass is 31.2. The molecule has 95 heavy (non-hydrogen) atoms. The number of ether oxygens (including phenoxy) is 4. The van der Waals surface area contributed by atoms with Crippen molar-refractivity contribution < 1.29 is 80.2 Å². The largest absolute Gasteiger partial charge is 0.472 e. The van der Waals surface area contributed by atoms with E-state index in [-0.39, 0.29) is 25.7 Å². The number of carbonyl (C=O) groups excluding carboxylic acids is 4. The molecule has 0 aliphatic rings. The summed E-state index contributed by atoms with van der Waals surface area (Å²) in [5.74, 6) is 0.190. The molecule has 0 amide bonds. The molecular formula is C76H148O17P2. The topological polar surface area (TPSA) is 237 Å². The maximum atomic E-state index is 13.1. The Bertz CT molecular complexity index is 1850. The van der Waals surface area contributed by atoms with Crippen molar-refractivity contribution in [3.05, 3.63) is 0 Å². The molecule has 19 heteroatoms. The number of phosphoric acid groups is 2. The fraction of sp³-hybridized carbons (Fsp3) is 0.947. The number of rotatable bonds is 74. The Labute approximate surface area is 581 Å². The Hall–Kier alpha value is -1.94. The van der Waals surface area contributed by atoms with E-state index >= 15 is 0 Å². The van der Waals surface area contributed by atoms with E-state index in [0.717, 1.165) is 108 Å². The van der Waals surface area contributed by atoms with E-state index in [0.29, 0.717) is 25.7 Å². The molecule has 0 aliphatic carbocycles. The number of hydrogen-bond donors (Lipinski definition) is 3. The standard InChI is InChI=1S/C76H148O17P2/c1-8-9-10-11-12-13-28-36-43-50-57-73(78)86-64-72(93-76(81)60-53-46-39-32-31-35-42-49-56-69(6)7)66-91-95(84,85)89-62-70(77)61-88-94(82,83)90-65-71(63-87-74(79)58-51-44-37-29-24-21-20-23-27-34-41-48-55-68(4)5)92-75(80)59-52-45-38-30-25-19-17-15-14-16-18-22-26-33-40-47-54-67(2)3/h67-72,77H,8-66H2,1-7H3,(H,82,83)(H,84,85)/t70-,71-,72-/m1/s1. The highest BCUT2D eigenvalue weighted by molar-refractivity contribution is 7.47. The van der Waals surface area contributed by atoms with Gasteiger partial charge in [0.25, 0.3) is 0 Å². The molecule has 0 spiro atoms. The van der Waals surface area contributed by atoms with Crippen LogP contribution >= 0.6 is 15.6 Å². The van der Waals surface area contributed by atoms with Gasteiger partial charge >= 0.3 is 39.5 Å². The molecule has 0 aliphatic heterocycles. The second-order valence-corrected chi connectivity index (χ2v) is 31.7. The minimum absolute atomic E-state index is 0.105. The zero-order valence-electron chi connectivity index (χ0n) is 62.1. The zero-order valence-corrected chi connectivity index (χ0v) is 63.9. The van der Waals surface area contributed by atoms with Gasteiger partial charge in [0.2, 0.25) is 0 Å². The summed E-state index contributed by atoms with van der Waals surface area (Å²) in [6.45, 7) is 11.9. The number of aliphatic hydroxyl groups excluding tert-OH is 1. The Balaban J connectivity index is 5.23. The molecule has 0 aromatic rings. The van der Waals surface area contributed by atoms with Crippen molar-refractivity contribution in [1.29, 1.82) is 0 Å². The maximum Gasteiger partial charge on any atom is 0.472 e. The molecule has 3 N–H and O–H groups in total. The second-order valence-electron chi connectivity index (χ2n) is 28.8. The van der Waals surface area contributed by atoms with Crippen LogP contribution in [0.15, 0.2) is 0 Å². The predicted octanol–water partition coefficient (Wildman–Crippen LogP) is 22.2. The summed E-state index contributed by atoms with van der Waals surface area (Å²) in [5, 5.41) is 10.6. The average molecular weight is 1400 g/mol. The second kappa shape index (κ2) is 66.6. The van der Waals surface area contributed by atoms with Crippen molar-refractivity contribution in [2.75, 3.05) is 39.6 Å². The van der Waals surface area contributed by atoms with Gasteiger partial charge in [-0.25, -0.2) is 9.13 Å². The minimum Gasteiger partial charge on any atom is -0.462 e. The zero-order chi connectivity index (χ0) is 70.1. The van der Waals surface area contributed by atoms with E-state index in [2.05, 4.69) is 48.5 Å². The highest BCUT2D eigenvalue weighted by Gasteiger charge is 2.30. The molecule has 2 unspecified atom stereocenters. The summed E-state index contributed by atoms with van der Waals surface area (Å²) in [4.78, 5) is 72.8. The third-order valence-corrected chi connectivity index (χ3v) is 19.5. The Morgan fingerprint density at radius 3 is 0.716 bits per heavy atom. The first-order valence-electron chi connectivity index (χ1n) is 39.3. The van der Waals surface area contributed by atoms with Gasteiger partial charge in [0.05, 0.1) is 26.4 Å². The van der Waals surface area contributed by atoms with Gasteiger partial charge in [-0.15, -0.1) is 0 Å². The van der Waals surface area contributed by atoms with Crippen molar-refractivity contribution in [2.24, 2.45) is 17.8 Å². The number of carbonyl (C=O) groups is 4. The third kappa shape index (κ3) is 70.3. The average Bonchev–Trinajstić information content (AvgIpc) is 1.44. The molecule has 0 fully saturated rings. The van der Waals surface area contributed by atoms with E-state index < -0.39 is 97.5 Å². The van der Waals surface area contributed by atoms with Crippen LogP contribution in [-0.2, 0) is 65.4 Å².